The fraction of sp³-hybridized carbons (Fsp3) is 0.692. The van der Waals surface area contributed by atoms with Crippen LogP contribution in [0.25, 0.3) is 0 Å². The summed E-state index contributed by atoms with van der Waals surface area (Å²) in [5, 5.41) is 12.4. The molecule has 0 aliphatic carbocycles. The smallest absolute Gasteiger partial charge is 0.224 e. The van der Waals surface area contributed by atoms with E-state index in [-0.39, 0.29) is 6.61 Å². The maximum Gasteiger partial charge on any atom is 0.224 e. The zero-order valence-electron chi connectivity index (χ0n) is 11.2. The molecule has 1 aliphatic heterocycles. The monoisotopic (exact) mass is 250 g/mol. The van der Waals surface area contributed by atoms with Gasteiger partial charge in [-0.3, -0.25) is 0 Å². The Kier molecular flexibility index (Phi) is 4.36. The van der Waals surface area contributed by atoms with Gasteiger partial charge in [-0.05, 0) is 32.6 Å². The van der Waals surface area contributed by atoms with E-state index in [2.05, 4.69) is 20.2 Å². The molecule has 1 atom stereocenters. The molecule has 18 heavy (non-hydrogen) atoms. The molecule has 2 rings (SSSR count). The third kappa shape index (κ3) is 3.10. The molecule has 1 fully saturated rings. The van der Waals surface area contributed by atoms with Crippen LogP contribution < -0.4 is 10.2 Å². The molecule has 1 aromatic rings. The molecule has 0 bridgehead atoms. The van der Waals surface area contributed by atoms with E-state index < -0.39 is 0 Å². The molecule has 0 aromatic carbocycles. The maximum absolute atomic E-state index is 9.28. The Hall–Kier alpha value is -1.36. The SMILES string of the molecule is CCNc1nc(C)cc(N2CCC[C@H](CO)C2)n1. The van der Waals surface area contributed by atoms with Gasteiger partial charge in [0.1, 0.15) is 5.82 Å². The van der Waals surface area contributed by atoms with E-state index in [0.29, 0.717) is 11.9 Å². The van der Waals surface area contributed by atoms with Crippen LogP contribution in [-0.2, 0) is 0 Å². The standard InChI is InChI=1S/C13H22N4O/c1-3-14-13-15-10(2)7-12(16-13)17-6-4-5-11(8-17)9-18/h7,11,18H,3-6,8-9H2,1-2H3,(H,14,15,16)/t11-/m0/s1. The van der Waals surface area contributed by atoms with Crippen LogP contribution in [-0.4, -0.2) is 41.3 Å². The van der Waals surface area contributed by atoms with Crippen molar-refractivity contribution in [3.8, 4) is 0 Å². The summed E-state index contributed by atoms with van der Waals surface area (Å²) in [6.45, 7) is 7.01. The Balaban J connectivity index is 2.16. The van der Waals surface area contributed by atoms with Crippen molar-refractivity contribution in [2.24, 2.45) is 5.92 Å². The van der Waals surface area contributed by atoms with Crippen LogP contribution in [0.1, 0.15) is 25.5 Å². The lowest BCUT2D eigenvalue weighted by atomic mass is 9.99. The van der Waals surface area contributed by atoms with E-state index in [1.165, 1.54) is 0 Å². The Labute approximate surface area is 108 Å². The molecule has 5 nitrogen and oxygen atoms in total. The highest BCUT2D eigenvalue weighted by Crippen LogP contribution is 2.22. The van der Waals surface area contributed by atoms with Crippen molar-refractivity contribution in [3.05, 3.63) is 11.8 Å². The number of hydrogen-bond donors (Lipinski definition) is 2. The lowest BCUT2D eigenvalue weighted by molar-refractivity contribution is 0.208. The van der Waals surface area contributed by atoms with Crippen molar-refractivity contribution in [2.75, 3.05) is 36.5 Å². The normalized spacial score (nSPS) is 19.9. The molecular formula is C13H22N4O. The van der Waals surface area contributed by atoms with E-state index in [4.69, 9.17) is 0 Å². The highest BCUT2D eigenvalue weighted by Gasteiger charge is 2.20. The van der Waals surface area contributed by atoms with Gasteiger partial charge in [0.25, 0.3) is 0 Å². The first-order valence-electron chi connectivity index (χ1n) is 6.68. The second kappa shape index (κ2) is 6.00. The van der Waals surface area contributed by atoms with Gasteiger partial charge in [0.2, 0.25) is 5.95 Å². The van der Waals surface area contributed by atoms with Gasteiger partial charge in [0, 0.05) is 38.0 Å². The predicted octanol–water partition coefficient (Wildman–Crippen LogP) is 1.43. The van der Waals surface area contributed by atoms with Crippen molar-refractivity contribution in [1.29, 1.82) is 0 Å². The Morgan fingerprint density at radius 1 is 1.50 bits per heavy atom. The van der Waals surface area contributed by atoms with Gasteiger partial charge >= 0.3 is 0 Å². The molecule has 1 aromatic heterocycles. The van der Waals surface area contributed by atoms with E-state index in [0.717, 1.165) is 44.0 Å². The number of anilines is 2. The molecule has 1 saturated heterocycles. The number of aliphatic hydroxyl groups excluding tert-OH is 1. The molecule has 2 heterocycles. The molecule has 0 amide bonds. The molecular weight excluding hydrogens is 228 g/mol. The number of aryl methyl sites for hydroxylation is 1. The number of rotatable bonds is 4. The van der Waals surface area contributed by atoms with E-state index in [1.54, 1.807) is 0 Å². The van der Waals surface area contributed by atoms with Crippen LogP contribution in [0, 0.1) is 12.8 Å². The van der Waals surface area contributed by atoms with Crippen LogP contribution in [0.15, 0.2) is 6.07 Å². The molecule has 1 aliphatic rings. The third-order valence-electron chi connectivity index (χ3n) is 3.28. The van der Waals surface area contributed by atoms with Crippen LogP contribution >= 0.6 is 0 Å². The van der Waals surface area contributed by atoms with E-state index in [1.807, 2.05) is 19.9 Å². The summed E-state index contributed by atoms with van der Waals surface area (Å²) in [6.07, 6.45) is 2.22. The summed E-state index contributed by atoms with van der Waals surface area (Å²) in [7, 11) is 0. The Morgan fingerprint density at radius 3 is 3.06 bits per heavy atom. The zero-order valence-corrected chi connectivity index (χ0v) is 11.2. The van der Waals surface area contributed by atoms with Gasteiger partial charge in [0.15, 0.2) is 0 Å². The highest BCUT2D eigenvalue weighted by molar-refractivity contribution is 5.45. The molecule has 0 spiro atoms. The summed E-state index contributed by atoms with van der Waals surface area (Å²) < 4.78 is 0. The van der Waals surface area contributed by atoms with Crippen molar-refractivity contribution < 1.29 is 5.11 Å². The first-order chi connectivity index (χ1) is 8.72. The molecule has 0 unspecified atom stereocenters. The van der Waals surface area contributed by atoms with Crippen LogP contribution in [0.2, 0.25) is 0 Å². The average molecular weight is 250 g/mol. The second-order valence-corrected chi connectivity index (χ2v) is 4.86. The van der Waals surface area contributed by atoms with Crippen molar-refractivity contribution in [2.45, 2.75) is 26.7 Å². The minimum Gasteiger partial charge on any atom is -0.396 e. The summed E-state index contributed by atoms with van der Waals surface area (Å²) in [5.41, 5.74) is 0.974. The summed E-state index contributed by atoms with van der Waals surface area (Å²) in [5.74, 6) is 2.03. The summed E-state index contributed by atoms with van der Waals surface area (Å²) in [6, 6.07) is 2.01. The van der Waals surface area contributed by atoms with Gasteiger partial charge in [-0.15, -0.1) is 0 Å². The summed E-state index contributed by atoms with van der Waals surface area (Å²) in [4.78, 5) is 11.1. The lowest BCUT2D eigenvalue weighted by Crippen LogP contribution is -2.37. The first kappa shape index (κ1) is 13.1. The van der Waals surface area contributed by atoms with Crippen LogP contribution in [0.3, 0.4) is 0 Å². The number of aromatic nitrogens is 2. The largest absolute Gasteiger partial charge is 0.396 e. The number of piperidine rings is 1. The van der Waals surface area contributed by atoms with Crippen molar-refractivity contribution >= 4 is 11.8 Å². The van der Waals surface area contributed by atoms with Crippen molar-refractivity contribution in [1.82, 2.24) is 9.97 Å². The Bertz CT molecular complexity index is 397. The number of hydrogen-bond acceptors (Lipinski definition) is 5. The first-order valence-corrected chi connectivity index (χ1v) is 6.68. The Morgan fingerprint density at radius 2 is 2.33 bits per heavy atom. The molecule has 0 saturated carbocycles. The minimum atomic E-state index is 0.265. The van der Waals surface area contributed by atoms with E-state index >= 15 is 0 Å². The highest BCUT2D eigenvalue weighted by atomic mass is 16.3. The molecule has 0 radical (unpaired) electrons. The van der Waals surface area contributed by atoms with Gasteiger partial charge in [-0.2, -0.15) is 4.98 Å². The summed E-state index contributed by atoms with van der Waals surface area (Å²) >= 11 is 0. The lowest BCUT2D eigenvalue weighted by Gasteiger charge is -2.32. The second-order valence-electron chi connectivity index (χ2n) is 4.86. The fourth-order valence-electron chi connectivity index (χ4n) is 2.37. The van der Waals surface area contributed by atoms with Gasteiger partial charge in [-0.1, -0.05) is 0 Å². The van der Waals surface area contributed by atoms with Crippen LogP contribution in [0.5, 0.6) is 0 Å². The van der Waals surface area contributed by atoms with Crippen LogP contribution in [0.4, 0.5) is 11.8 Å². The van der Waals surface area contributed by atoms with Gasteiger partial charge in [0.05, 0.1) is 0 Å². The minimum absolute atomic E-state index is 0.265. The zero-order chi connectivity index (χ0) is 13.0. The van der Waals surface area contributed by atoms with Gasteiger partial charge in [-0.25, -0.2) is 4.98 Å². The molecule has 5 heteroatoms. The fourth-order valence-corrected chi connectivity index (χ4v) is 2.37. The maximum atomic E-state index is 9.28. The number of nitrogens with one attached hydrogen (secondary N) is 1. The van der Waals surface area contributed by atoms with E-state index in [9.17, 15) is 5.11 Å². The third-order valence-corrected chi connectivity index (χ3v) is 3.28. The molecule has 2 N–H and O–H groups in total. The van der Waals surface area contributed by atoms with Gasteiger partial charge < -0.3 is 15.3 Å². The quantitative estimate of drug-likeness (QED) is 0.846. The number of nitrogens with zero attached hydrogens (tertiary/aromatic N) is 3. The van der Waals surface area contributed by atoms with Crippen molar-refractivity contribution in [3.63, 3.8) is 0 Å². The number of aliphatic hydroxyl groups is 1. The topological polar surface area (TPSA) is 61.3 Å². The average Bonchev–Trinajstić information content (AvgIpc) is 2.38. The predicted molar refractivity (Wildman–Crippen MR) is 73.0 cm³/mol. The molecule has 100 valence electrons.